The molecule has 0 bridgehead atoms. The van der Waals surface area contributed by atoms with Gasteiger partial charge in [-0.25, -0.2) is 0 Å². The van der Waals surface area contributed by atoms with Crippen LogP contribution in [0.15, 0.2) is 0 Å². The van der Waals surface area contributed by atoms with Gasteiger partial charge in [-0.05, 0) is 12.3 Å². The largest absolute Gasteiger partial charge is 0.469 e. The van der Waals surface area contributed by atoms with Crippen LogP contribution in [0.3, 0.4) is 0 Å². The number of esters is 1. The van der Waals surface area contributed by atoms with Crippen molar-refractivity contribution in [3.05, 3.63) is 0 Å². The SMILES string of the molecule is COC(=O)CC1CC(O)C(C)(C)C1O. The van der Waals surface area contributed by atoms with Gasteiger partial charge in [-0.1, -0.05) is 13.8 Å². The first kappa shape index (κ1) is 11.5. The highest BCUT2D eigenvalue weighted by molar-refractivity contribution is 5.69. The van der Waals surface area contributed by atoms with Gasteiger partial charge in [0.1, 0.15) is 0 Å². The highest BCUT2D eigenvalue weighted by Crippen LogP contribution is 2.42. The maximum atomic E-state index is 11.0. The molecule has 0 aromatic carbocycles. The van der Waals surface area contributed by atoms with Crippen molar-refractivity contribution in [2.75, 3.05) is 7.11 Å². The van der Waals surface area contributed by atoms with E-state index in [1.807, 2.05) is 0 Å². The van der Waals surface area contributed by atoms with Crippen molar-refractivity contribution in [1.29, 1.82) is 0 Å². The number of hydrogen-bond acceptors (Lipinski definition) is 4. The Bertz CT molecular complexity index is 224. The van der Waals surface area contributed by atoms with E-state index in [9.17, 15) is 15.0 Å². The molecule has 0 amide bonds. The summed E-state index contributed by atoms with van der Waals surface area (Å²) < 4.78 is 4.53. The van der Waals surface area contributed by atoms with Gasteiger partial charge in [0.25, 0.3) is 0 Å². The summed E-state index contributed by atoms with van der Waals surface area (Å²) in [4.78, 5) is 11.0. The van der Waals surface area contributed by atoms with Gasteiger partial charge < -0.3 is 14.9 Å². The Morgan fingerprint density at radius 2 is 2.07 bits per heavy atom. The minimum absolute atomic E-state index is 0.179. The normalized spacial score (nSPS) is 35.6. The Hall–Kier alpha value is -0.610. The Morgan fingerprint density at radius 3 is 2.43 bits per heavy atom. The van der Waals surface area contributed by atoms with Crippen LogP contribution in [0.4, 0.5) is 0 Å². The van der Waals surface area contributed by atoms with Crippen molar-refractivity contribution in [1.82, 2.24) is 0 Å². The number of ether oxygens (including phenoxy) is 1. The molecule has 82 valence electrons. The summed E-state index contributed by atoms with van der Waals surface area (Å²) in [6, 6.07) is 0. The van der Waals surface area contributed by atoms with Crippen molar-refractivity contribution in [3.63, 3.8) is 0 Å². The smallest absolute Gasteiger partial charge is 0.305 e. The maximum absolute atomic E-state index is 11.0. The molecule has 2 N–H and O–H groups in total. The third-order valence-corrected chi connectivity index (χ3v) is 3.25. The highest BCUT2D eigenvalue weighted by Gasteiger charge is 2.48. The molecule has 14 heavy (non-hydrogen) atoms. The summed E-state index contributed by atoms with van der Waals surface area (Å²) in [6.07, 6.45) is -0.551. The third kappa shape index (κ3) is 1.91. The van der Waals surface area contributed by atoms with Crippen molar-refractivity contribution >= 4 is 5.97 Å². The monoisotopic (exact) mass is 202 g/mol. The lowest BCUT2D eigenvalue weighted by molar-refractivity contribution is -0.142. The molecule has 1 aliphatic carbocycles. The molecule has 1 saturated carbocycles. The molecule has 1 rings (SSSR count). The Balaban J connectivity index is 2.63. The van der Waals surface area contributed by atoms with Gasteiger partial charge in [0.15, 0.2) is 0 Å². The van der Waals surface area contributed by atoms with Gasteiger partial charge in [0, 0.05) is 5.41 Å². The summed E-state index contributed by atoms with van der Waals surface area (Å²) in [7, 11) is 1.32. The van der Waals surface area contributed by atoms with Crippen LogP contribution in [0, 0.1) is 11.3 Å². The van der Waals surface area contributed by atoms with Crippen LogP contribution in [0.2, 0.25) is 0 Å². The molecule has 0 spiro atoms. The molecular formula is C10H18O4. The van der Waals surface area contributed by atoms with Gasteiger partial charge in [-0.15, -0.1) is 0 Å². The second-order valence-electron chi connectivity index (χ2n) is 4.56. The Kier molecular flexibility index (Phi) is 3.17. The van der Waals surface area contributed by atoms with Crippen LogP contribution in [-0.4, -0.2) is 35.5 Å². The zero-order valence-electron chi connectivity index (χ0n) is 8.86. The van der Waals surface area contributed by atoms with E-state index in [1.54, 1.807) is 13.8 Å². The summed E-state index contributed by atoms with van der Waals surface area (Å²) in [6.45, 7) is 3.61. The Morgan fingerprint density at radius 1 is 1.50 bits per heavy atom. The molecule has 4 heteroatoms. The van der Waals surface area contributed by atoms with Crippen molar-refractivity contribution < 1.29 is 19.7 Å². The molecule has 3 atom stereocenters. The second kappa shape index (κ2) is 3.87. The number of aliphatic hydroxyl groups is 2. The van der Waals surface area contributed by atoms with E-state index < -0.39 is 17.6 Å². The van der Waals surface area contributed by atoms with Crippen LogP contribution < -0.4 is 0 Å². The zero-order valence-corrected chi connectivity index (χ0v) is 8.86. The molecule has 3 unspecified atom stereocenters. The lowest BCUT2D eigenvalue weighted by Gasteiger charge is -2.27. The first-order chi connectivity index (χ1) is 6.39. The molecule has 0 saturated heterocycles. The molecule has 0 radical (unpaired) electrons. The quantitative estimate of drug-likeness (QED) is 0.633. The molecule has 0 aromatic rings. The van der Waals surface area contributed by atoms with Gasteiger partial charge >= 0.3 is 5.97 Å². The van der Waals surface area contributed by atoms with Crippen LogP contribution in [-0.2, 0) is 9.53 Å². The standard InChI is InChI=1S/C10H18O4/c1-10(2)7(11)4-6(9(10)13)5-8(12)14-3/h6-7,9,11,13H,4-5H2,1-3H3. The number of carbonyl (C=O) groups excluding carboxylic acids is 1. The average molecular weight is 202 g/mol. The first-order valence-corrected chi connectivity index (χ1v) is 4.82. The maximum Gasteiger partial charge on any atom is 0.305 e. The fourth-order valence-electron chi connectivity index (χ4n) is 2.02. The van der Waals surface area contributed by atoms with Crippen molar-refractivity contribution in [2.24, 2.45) is 11.3 Å². The van der Waals surface area contributed by atoms with E-state index in [1.165, 1.54) is 7.11 Å². The third-order valence-electron chi connectivity index (χ3n) is 3.25. The summed E-state index contributed by atoms with van der Waals surface area (Å²) >= 11 is 0. The second-order valence-corrected chi connectivity index (χ2v) is 4.56. The summed E-state index contributed by atoms with van der Waals surface area (Å²) in [5.74, 6) is -0.522. The van der Waals surface area contributed by atoms with Crippen LogP contribution >= 0.6 is 0 Å². The van der Waals surface area contributed by atoms with E-state index >= 15 is 0 Å². The van der Waals surface area contributed by atoms with E-state index in [0.717, 1.165) is 0 Å². The molecule has 0 aliphatic heterocycles. The Labute approximate surface area is 83.9 Å². The number of rotatable bonds is 2. The number of hydrogen-bond donors (Lipinski definition) is 2. The van der Waals surface area contributed by atoms with Crippen LogP contribution in [0.25, 0.3) is 0 Å². The number of carbonyl (C=O) groups is 1. The fraction of sp³-hybridized carbons (Fsp3) is 0.900. The zero-order chi connectivity index (χ0) is 10.9. The van der Waals surface area contributed by atoms with Crippen LogP contribution in [0.1, 0.15) is 26.7 Å². The minimum atomic E-state index is -0.642. The van der Waals surface area contributed by atoms with Gasteiger partial charge in [-0.2, -0.15) is 0 Å². The van der Waals surface area contributed by atoms with E-state index in [-0.39, 0.29) is 18.3 Å². The van der Waals surface area contributed by atoms with Gasteiger partial charge in [-0.3, -0.25) is 4.79 Å². The number of aliphatic hydroxyl groups excluding tert-OH is 2. The molecule has 0 aromatic heterocycles. The van der Waals surface area contributed by atoms with Gasteiger partial charge in [0.05, 0.1) is 25.7 Å². The predicted octanol–water partition coefficient (Wildman–Crippen LogP) is 0.317. The fourth-order valence-corrected chi connectivity index (χ4v) is 2.02. The molecular weight excluding hydrogens is 184 g/mol. The van der Waals surface area contributed by atoms with E-state index in [2.05, 4.69) is 4.74 Å². The number of methoxy groups -OCH3 is 1. The van der Waals surface area contributed by atoms with E-state index in [4.69, 9.17) is 0 Å². The predicted molar refractivity (Wildman–Crippen MR) is 50.5 cm³/mol. The lowest BCUT2D eigenvalue weighted by Crippen LogP contribution is -2.34. The van der Waals surface area contributed by atoms with Crippen molar-refractivity contribution in [3.8, 4) is 0 Å². The van der Waals surface area contributed by atoms with Crippen LogP contribution in [0.5, 0.6) is 0 Å². The van der Waals surface area contributed by atoms with E-state index in [0.29, 0.717) is 6.42 Å². The lowest BCUT2D eigenvalue weighted by atomic mass is 9.85. The summed E-state index contributed by atoms with van der Waals surface area (Å²) in [5, 5.41) is 19.5. The highest BCUT2D eigenvalue weighted by atomic mass is 16.5. The molecule has 1 aliphatic rings. The first-order valence-electron chi connectivity index (χ1n) is 4.82. The topological polar surface area (TPSA) is 66.8 Å². The molecule has 1 fully saturated rings. The molecule has 0 heterocycles. The average Bonchev–Trinajstić information content (AvgIpc) is 2.30. The minimum Gasteiger partial charge on any atom is -0.469 e. The molecule has 4 nitrogen and oxygen atoms in total. The van der Waals surface area contributed by atoms with Crippen molar-refractivity contribution in [2.45, 2.75) is 38.9 Å². The van der Waals surface area contributed by atoms with Gasteiger partial charge in [0.2, 0.25) is 0 Å². The summed E-state index contributed by atoms with van der Waals surface area (Å²) in [5.41, 5.74) is -0.529.